The minimum atomic E-state index is -0.940. The topological polar surface area (TPSA) is 90.3 Å². The number of hydrogen-bond acceptors (Lipinski definition) is 5. The van der Waals surface area contributed by atoms with Crippen LogP contribution in [0.4, 0.5) is 15.8 Å². The normalized spacial score (nSPS) is 16.8. The largest absolute Gasteiger partial charge is 0.481 e. The van der Waals surface area contributed by atoms with Crippen molar-refractivity contribution >= 4 is 28.9 Å². The van der Waals surface area contributed by atoms with Crippen LogP contribution in [-0.2, 0) is 16.0 Å². The molecule has 2 aliphatic rings. The van der Waals surface area contributed by atoms with Crippen molar-refractivity contribution < 1.29 is 28.9 Å². The molecule has 0 bridgehead atoms. The van der Waals surface area contributed by atoms with Gasteiger partial charge in [0.15, 0.2) is 6.23 Å². The Morgan fingerprint density at radius 3 is 2.47 bits per heavy atom. The van der Waals surface area contributed by atoms with Gasteiger partial charge in [0.1, 0.15) is 11.6 Å². The van der Waals surface area contributed by atoms with Gasteiger partial charge in [0.25, 0.3) is 0 Å². The minimum absolute atomic E-state index is 0.110. The Labute approximate surface area is 250 Å². The second kappa shape index (κ2) is 13.7. The van der Waals surface area contributed by atoms with E-state index in [9.17, 15) is 19.1 Å². The number of halogens is 1. The number of allylic oxidation sites excluding steroid dienone is 6. The first-order chi connectivity index (χ1) is 20.9. The number of carboxylic acid groups (broad SMARTS) is 2. The number of benzene rings is 3. The maximum absolute atomic E-state index is 14.1. The fraction of sp³-hybridized carbons (Fsp3) is 0.200. The zero-order valence-electron chi connectivity index (χ0n) is 23.6. The van der Waals surface area contributed by atoms with Crippen LogP contribution in [0, 0.1) is 5.82 Å². The lowest BCUT2D eigenvalue weighted by atomic mass is 9.97. The monoisotopic (exact) mass is 580 g/mol. The van der Waals surface area contributed by atoms with E-state index in [1.165, 1.54) is 12.1 Å². The summed E-state index contributed by atoms with van der Waals surface area (Å²) in [5, 5.41) is 18.3. The van der Waals surface area contributed by atoms with Crippen molar-refractivity contribution in [1.82, 2.24) is 0 Å². The smallest absolute Gasteiger partial charge is 0.305 e. The van der Waals surface area contributed by atoms with Crippen LogP contribution in [0.5, 0.6) is 5.75 Å². The molecule has 0 saturated heterocycles. The number of nitrogens with zero attached hydrogens (tertiary/aromatic N) is 2. The zero-order valence-corrected chi connectivity index (χ0v) is 23.6. The number of aliphatic carboxylic acids is 2. The Balaban J connectivity index is 1.43. The van der Waals surface area contributed by atoms with Crippen molar-refractivity contribution in [3.05, 3.63) is 132 Å². The standard InChI is InChI=1S/C35H33FN2O5/c36-28-15-16-32-31(24-28)38(22-19-35(41)42)33(43-32)17-13-26(23-25-7-2-1-3-8-25)12-14-27-18-21-37(20-6-11-34(39)40)30-10-5-4-9-29(27)30/h1-5,7-10,12-18,21,24,33H,6,11,19-20,22-23H2,(H,39,40)(H,41,42). The first kappa shape index (κ1) is 29.4. The molecule has 220 valence electrons. The van der Waals surface area contributed by atoms with Gasteiger partial charge < -0.3 is 24.7 Å². The Morgan fingerprint density at radius 1 is 0.907 bits per heavy atom. The molecule has 8 heteroatoms. The Hall–Kier alpha value is -5.11. The fourth-order valence-electron chi connectivity index (χ4n) is 5.21. The predicted molar refractivity (Wildman–Crippen MR) is 166 cm³/mol. The highest BCUT2D eigenvalue weighted by Gasteiger charge is 2.29. The molecule has 1 unspecified atom stereocenters. The van der Waals surface area contributed by atoms with Gasteiger partial charge in [0.2, 0.25) is 0 Å². The van der Waals surface area contributed by atoms with Gasteiger partial charge in [0, 0.05) is 43.0 Å². The Kier molecular flexibility index (Phi) is 9.36. The molecule has 5 rings (SSSR count). The van der Waals surface area contributed by atoms with Gasteiger partial charge in [0.05, 0.1) is 12.1 Å². The third-order valence-electron chi connectivity index (χ3n) is 7.30. The highest BCUT2D eigenvalue weighted by Crippen LogP contribution is 2.38. The van der Waals surface area contributed by atoms with Crippen LogP contribution >= 0.6 is 0 Å². The molecule has 43 heavy (non-hydrogen) atoms. The molecular formula is C35H33FN2O5. The molecule has 0 spiro atoms. The molecule has 0 aromatic heterocycles. The molecule has 0 aliphatic carbocycles. The van der Waals surface area contributed by atoms with E-state index >= 15 is 0 Å². The molecular weight excluding hydrogens is 547 g/mol. The van der Waals surface area contributed by atoms with Gasteiger partial charge in [-0.25, -0.2) is 4.39 Å². The van der Waals surface area contributed by atoms with Gasteiger partial charge in [-0.1, -0.05) is 66.8 Å². The summed E-state index contributed by atoms with van der Waals surface area (Å²) in [7, 11) is 0. The summed E-state index contributed by atoms with van der Waals surface area (Å²) in [4.78, 5) is 26.2. The molecule has 0 radical (unpaired) electrons. The average molecular weight is 581 g/mol. The van der Waals surface area contributed by atoms with Crippen LogP contribution in [0.25, 0.3) is 5.57 Å². The van der Waals surface area contributed by atoms with Crippen molar-refractivity contribution in [2.24, 2.45) is 0 Å². The van der Waals surface area contributed by atoms with Crippen molar-refractivity contribution in [2.75, 3.05) is 22.9 Å². The van der Waals surface area contributed by atoms with Crippen molar-refractivity contribution in [3.8, 4) is 5.75 Å². The summed E-state index contributed by atoms with van der Waals surface area (Å²) < 4.78 is 20.1. The van der Waals surface area contributed by atoms with E-state index in [4.69, 9.17) is 9.84 Å². The molecule has 1 atom stereocenters. The Morgan fingerprint density at radius 2 is 1.67 bits per heavy atom. The maximum atomic E-state index is 14.1. The number of anilines is 2. The molecule has 2 aliphatic heterocycles. The van der Waals surface area contributed by atoms with Crippen LogP contribution in [-0.4, -0.2) is 41.5 Å². The lowest BCUT2D eigenvalue weighted by molar-refractivity contribution is -0.138. The van der Waals surface area contributed by atoms with Gasteiger partial charge in [-0.2, -0.15) is 0 Å². The molecule has 2 heterocycles. The van der Waals surface area contributed by atoms with Crippen LogP contribution < -0.4 is 14.5 Å². The zero-order chi connectivity index (χ0) is 30.2. The molecule has 3 aromatic rings. The van der Waals surface area contributed by atoms with Gasteiger partial charge >= 0.3 is 11.9 Å². The van der Waals surface area contributed by atoms with E-state index in [0.29, 0.717) is 30.8 Å². The van der Waals surface area contributed by atoms with E-state index in [1.54, 1.807) is 11.0 Å². The number of carbonyl (C=O) groups is 2. The number of carboxylic acids is 2. The van der Waals surface area contributed by atoms with Crippen LogP contribution in [0.2, 0.25) is 0 Å². The first-order valence-electron chi connectivity index (χ1n) is 14.2. The van der Waals surface area contributed by atoms with Gasteiger partial charge in [-0.15, -0.1) is 0 Å². The van der Waals surface area contributed by atoms with E-state index in [-0.39, 0.29) is 19.4 Å². The van der Waals surface area contributed by atoms with Gasteiger partial charge in [-0.3, -0.25) is 9.59 Å². The number of hydrogen-bond donors (Lipinski definition) is 2. The van der Waals surface area contributed by atoms with Crippen LogP contribution in [0.3, 0.4) is 0 Å². The highest BCUT2D eigenvalue weighted by atomic mass is 19.1. The quantitative estimate of drug-likeness (QED) is 0.227. The molecule has 0 amide bonds. The number of para-hydroxylation sites is 1. The number of rotatable bonds is 12. The third kappa shape index (κ3) is 7.60. The van der Waals surface area contributed by atoms with E-state index in [2.05, 4.69) is 35.3 Å². The van der Waals surface area contributed by atoms with E-state index in [0.717, 1.165) is 28.0 Å². The second-order valence-corrected chi connectivity index (χ2v) is 10.4. The lowest BCUT2D eigenvalue weighted by Crippen LogP contribution is -2.34. The molecule has 2 N–H and O–H groups in total. The third-order valence-corrected chi connectivity index (χ3v) is 7.30. The fourth-order valence-corrected chi connectivity index (χ4v) is 5.21. The van der Waals surface area contributed by atoms with Crippen LogP contribution in [0.1, 0.15) is 30.4 Å². The maximum Gasteiger partial charge on any atom is 0.305 e. The minimum Gasteiger partial charge on any atom is -0.481 e. The summed E-state index contributed by atoms with van der Waals surface area (Å²) >= 11 is 0. The van der Waals surface area contributed by atoms with Gasteiger partial charge in [-0.05, 0) is 59.9 Å². The number of ether oxygens (including phenoxy) is 1. The first-order valence-corrected chi connectivity index (χ1v) is 14.2. The van der Waals surface area contributed by atoms with Crippen molar-refractivity contribution in [1.29, 1.82) is 0 Å². The summed E-state index contributed by atoms with van der Waals surface area (Å²) in [6, 6.07) is 22.4. The highest BCUT2D eigenvalue weighted by molar-refractivity contribution is 5.87. The van der Waals surface area contributed by atoms with Crippen LogP contribution in [0.15, 0.2) is 115 Å². The summed E-state index contributed by atoms with van der Waals surface area (Å²) in [6.45, 7) is 0.782. The summed E-state index contributed by atoms with van der Waals surface area (Å²) in [6.07, 6.45) is 12.6. The average Bonchev–Trinajstić information content (AvgIpc) is 3.34. The lowest BCUT2D eigenvalue weighted by Gasteiger charge is -2.27. The molecule has 0 saturated carbocycles. The number of fused-ring (bicyclic) bond motifs is 2. The van der Waals surface area contributed by atoms with Crippen molar-refractivity contribution in [2.45, 2.75) is 31.9 Å². The summed E-state index contributed by atoms with van der Waals surface area (Å²) in [5.74, 6) is -1.65. The molecule has 3 aromatic carbocycles. The van der Waals surface area contributed by atoms with E-state index in [1.807, 2.05) is 60.8 Å². The summed E-state index contributed by atoms with van der Waals surface area (Å²) in [5.41, 5.74) is 5.75. The Bertz CT molecular complexity index is 1590. The molecule has 7 nitrogen and oxygen atoms in total. The molecule has 0 fully saturated rings. The second-order valence-electron chi connectivity index (χ2n) is 10.4. The predicted octanol–water partition coefficient (Wildman–Crippen LogP) is 6.83. The van der Waals surface area contributed by atoms with Crippen molar-refractivity contribution in [3.63, 3.8) is 0 Å². The van der Waals surface area contributed by atoms with E-state index < -0.39 is 24.0 Å². The SMILES string of the molecule is O=C(O)CCCN1C=CC(=CC=C(C=CC2Oc3ccc(F)cc3N2CCC(=O)O)Cc2ccccc2)c2ccccc21.